The van der Waals surface area contributed by atoms with Crippen LogP contribution in [0.5, 0.6) is 0 Å². The van der Waals surface area contributed by atoms with E-state index in [1.807, 2.05) is 31.2 Å². The molecule has 0 bridgehead atoms. The van der Waals surface area contributed by atoms with E-state index in [9.17, 15) is 4.79 Å². The van der Waals surface area contributed by atoms with Crippen LogP contribution >= 0.6 is 0 Å². The Balaban J connectivity index is 1.29. The molecule has 214 valence electrons. The van der Waals surface area contributed by atoms with Crippen molar-refractivity contribution in [2.75, 3.05) is 6.54 Å². The van der Waals surface area contributed by atoms with E-state index in [1.165, 1.54) is 108 Å². The van der Waals surface area contributed by atoms with Gasteiger partial charge in [0.2, 0.25) is 0 Å². The fourth-order valence-electron chi connectivity index (χ4n) is 5.59. The summed E-state index contributed by atoms with van der Waals surface area (Å²) in [6, 6.07) is 16.2. The van der Waals surface area contributed by atoms with E-state index in [2.05, 4.69) is 41.1 Å². The number of amides is 1. The summed E-state index contributed by atoms with van der Waals surface area (Å²) in [7, 11) is 0. The van der Waals surface area contributed by atoms with E-state index in [0.29, 0.717) is 6.54 Å². The van der Waals surface area contributed by atoms with Gasteiger partial charge in [0, 0.05) is 25.1 Å². The minimum atomic E-state index is -0.00596. The van der Waals surface area contributed by atoms with Crippen LogP contribution in [0.15, 0.2) is 48.5 Å². The smallest absolute Gasteiger partial charge is 0.251 e. The van der Waals surface area contributed by atoms with Crippen LogP contribution in [0.25, 0.3) is 11.0 Å². The number of hydrogen-bond acceptors (Lipinski definition) is 2. The Bertz CT molecular complexity index is 1090. The van der Waals surface area contributed by atoms with Gasteiger partial charge in [-0.3, -0.25) is 4.79 Å². The number of unbranched alkanes of at least 4 members (excludes halogenated alkanes) is 15. The van der Waals surface area contributed by atoms with Gasteiger partial charge in [-0.05, 0) is 37.1 Å². The summed E-state index contributed by atoms with van der Waals surface area (Å²) in [5.74, 6) is 1.07. The van der Waals surface area contributed by atoms with Crippen molar-refractivity contribution in [2.45, 2.75) is 130 Å². The SMILES string of the molecule is CCCCCCCCCCCCCCCCCCn1c(CCNC(=O)c2ccccc2C)nc2ccccc21. The molecular formula is C35H53N3O. The zero-order valence-corrected chi connectivity index (χ0v) is 24.9. The molecule has 0 aliphatic heterocycles. The number of rotatable bonds is 21. The molecule has 0 unspecified atom stereocenters. The highest BCUT2D eigenvalue weighted by atomic mass is 16.1. The zero-order chi connectivity index (χ0) is 27.5. The van der Waals surface area contributed by atoms with Gasteiger partial charge in [0.1, 0.15) is 5.82 Å². The molecule has 3 aromatic rings. The molecule has 0 spiro atoms. The number of aromatic nitrogens is 2. The fraction of sp³-hybridized carbons (Fsp3) is 0.600. The summed E-state index contributed by atoms with van der Waals surface area (Å²) >= 11 is 0. The molecule has 0 aliphatic carbocycles. The molecular weight excluding hydrogens is 478 g/mol. The van der Waals surface area contributed by atoms with Gasteiger partial charge >= 0.3 is 0 Å². The van der Waals surface area contributed by atoms with Crippen molar-refractivity contribution >= 4 is 16.9 Å². The van der Waals surface area contributed by atoms with Crippen LogP contribution in [0.4, 0.5) is 0 Å². The lowest BCUT2D eigenvalue weighted by Crippen LogP contribution is -2.27. The van der Waals surface area contributed by atoms with Gasteiger partial charge in [-0.15, -0.1) is 0 Å². The topological polar surface area (TPSA) is 46.9 Å². The quantitative estimate of drug-likeness (QED) is 0.139. The van der Waals surface area contributed by atoms with Gasteiger partial charge in [0.05, 0.1) is 11.0 Å². The molecule has 1 aromatic heterocycles. The maximum atomic E-state index is 12.6. The molecule has 0 fully saturated rings. The number of para-hydroxylation sites is 2. The Kier molecular flexibility index (Phi) is 14.8. The van der Waals surface area contributed by atoms with E-state index in [4.69, 9.17) is 4.98 Å². The Labute approximate surface area is 238 Å². The lowest BCUT2D eigenvalue weighted by molar-refractivity contribution is 0.0953. The molecule has 1 heterocycles. The highest BCUT2D eigenvalue weighted by Gasteiger charge is 2.12. The second-order valence-corrected chi connectivity index (χ2v) is 11.3. The van der Waals surface area contributed by atoms with Crippen LogP contribution in [0, 0.1) is 6.92 Å². The van der Waals surface area contributed by atoms with Crippen molar-refractivity contribution < 1.29 is 4.79 Å². The van der Waals surface area contributed by atoms with Crippen molar-refractivity contribution in [3.63, 3.8) is 0 Å². The average molecular weight is 532 g/mol. The summed E-state index contributed by atoms with van der Waals surface area (Å²) in [5.41, 5.74) is 4.01. The minimum absolute atomic E-state index is 0.00596. The van der Waals surface area contributed by atoms with Gasteiger partial charge < -0.3 is 9.88 Å². The van der Waals surface area contributed by atoms with Crippen molar-refractivity contribution in [1.82, 2.24) is 14.9 Å². The first-order valence-electron chi connectivity index (χ1n) is 16.0. The van der Waals surface area contributed by atoms with Crippen LogP contribution in [0.2, 0.25) is 0 Å². The molecule has 4 heteroatoms. The highest BCUT2D eigenvalue weighted by Crippen LogP contribution is 2.19. The summed E-state index contributed by atoms with van der Waals surface area (Å²) in [6.45, 7) is 5.86. The standard InChI is InChI=1S/C35H53N3O/c1-3-4-5-6-7-8-9-10-11-12-13-14-15-16-17-22-29-38-33-26-21-20-25-32(33)37-34(38)27-28-36-35(39)31-24-19-18-23-30(31)2/h18-21,23-26H,3-17,22,27-29H2,1-2H3,(H,36,39). The van der Waals surface area contributed by atoms with Gasteiger partial charge in [-0.25, -0.2) is 4.98 Å². The number of carbonyl (C=O) groups is 1. The second-order valence-electron chi connectivity index (χ2n) is 11.3. The molecule has 0 saturated carbocycles. The van der Waals surface area contributed by atoms with E-state index >= 15 is 0 Å². The molecule has 3 rings (SSSR count). The van der Waals surface area contributed by atoms with Crippen molar-refractivity contribution in [3.8, 4) is 0 Å². The maximum Gasteiger partial charge on any atom is 0.251 e. The first kappa shape index (κ1) is 30.9. The van der Waals surface area contributed by atoms with Gasteiger partial charge in [-0.1, -0.05) is 134 Å². The summed E-state index contributed by atoms with van der Waals surface area (Å²) in [4.78, 5) is 17.5. The molecule has 0 radical (unpaired) electrons. The molecule has 0 aliphatic rings. The number of nitrogens with one attached hydrogen (secondary N) is 1. The third-order valence-electron chi connectivity index (χ3n) is 7.99. The van der Waals surface area contributed by atoms with Crippen LogP contribution < -0.4 is 5.32 Å². The number of aryl methyl sites for hydroxylation is 2. The molecule has 4 nitrogen and oxygen atoms in total. The van der Waals surface area contributed by atoms with E-state index in [0.717, 1.165) is 35.4 Å². The Hall–Kier alpha value is -2.62. The van der Waals surface area contributed by atoms with Crippen LogP contribution in [0.3, 0.4) is 0 Å². The number of nitrogens with zero attached hydrogens (tertiary/aromatic N) is 2. The molecule has 0 atom stereocenters. The van der Waals surface area contributed by atoms with Crippen LogP contribution in [-0.4, -0.2) is 22.0 Å². The van der Waals surface area contributed by atoms with Gasteiger partial charge in [-0.2, -0.15) is 0 Å². The number of carbonyl (C=O) groups excluding carboxylic acids is 1. The van der Waals surface area contributed by atoms with Crippen molar-refractivity contribution in [2.24, 2.45) is 0 Å². The zero-order valence-electron chi connectivity index (χ0n) is 24.9. The number of fused-ring (bicyclic) bond motifs is 1. The van der Waals surface area contributed by atoms with Crippen molar-refractivity contribution in [1.29, 1.82) is 0 Å². The first-order valence-corrected chi connectivity index (χ1v) is 16.0. The van der Waals surface area contributed by atoms with Crippen LogP contribution in [-0.2, 0) is 13.0 Å². The van der Waals surface area contributed by atoms with E-state index in [1.54, 1.807) is 0 Å². The average Bonchev–Trinajstić information content (AvgIpc) is 3.30. The normalized spacial score (nSPS) is 11.3. The third kappa shape index (κ3) is 11.2. The molecule has 0 saturated heterocycles. The van der Waals surface area contributed by atoms with Gasteiger partial charge in [0.25, 0.3) is 5.91 Å². The number of imidazole rings is 1. The fourth-order valence-corrected chi connectivity index (χ4v) is 5.59. The number of hydrogen-bond donors (Lipinski definition) is 1. The first-order chi connectivity index (χ1) is 19.2. The second kappa shape index (κ2) is 18.6. The van der Waals surface area contributed by atoms with Gasteiger partial charge in [0.15, 0.2) is 0 Å². The lowest BCUT2D eigenvalue weighted by atomic mass is 10.0. The lowest BCUT2D eigenvalue weighted by Gasteiger charge is -2.11. The number of benzene rings is 2. The molecule has 39 heavy (non-hydrogen) atoms. The predicted molar refractivity (Wildman–Crippen MR) is 166 cm³/mol. The summed E-state index contributed by atoms with van der Waals surface area (Å²) in [6.07, 6.45) is 22.9. The maximum absolute atomic E-state index is 12.6. The molecule has 2 aromatic carbocycles. The molecule has 1 N–H and O–H groups in total. The largest absolute Gasteiger partial charge is 0.352 e. The highest BCUT2D eigenvalue weighted by molar-refractivity contribution is 5.95. The minimum Gasteiger partial charge on any atom is -0.352 e. The molecule has 1 amide bonds. The Morgan fingerprint density at radius 3 is 1.87 bits per heavy atom. The predicted octanol–water partition coefficient (Wildman–Crippen LogP) is 9.58. The van der Waals surface area contributed by atoms with Crippen LogP contribution in [0.1, 0.15) is 131 Å². The van der Waals surface area contributed by atoms with Crippen molar-refractivity contribution in [3.05, 3.63) is 65.5 Å². The Morgan fingerprint density at radius 1 is 0.718 bits per heavy atom. The summed E-state index contributed by atoms with van der Waals surface area (Å²) in [5, 5.41) is 3.09. The Morgan fingerprint density at radius 2 is 1.26 bits per heavy atom. The van der Waals surface area contributed by atoms with E-state index < -0.39 is 0 Å². The summed E-state index contributed by atoms with van der Waals surface area (Å²) < 4.78 is 2.37. The third-order valence-corrected chi connectivity index (χ3v) is 7.99. The monoisotopic (exact) mass is 531 g/mol. The van der Waals surface area contributed by atoms with E-state index in [-0.39, 0.29) is 5.91 Å².